The van der Waals surface area contributed by atoms with Gasteiger partial charge in [-0.2, -0.15) is 18.3 Å². The fourth-order valence-corrected chi connectivity index (χ4v) is 3.19. The number of nitrogens with one attached hydrogen (secondary N) is 4. The molecule has 0 aliphatic heterocycles. The molecule has 11 heteroatoms. The summed E-state index contributed by atoms with van der Waals surface area (Å²) >= 11 is 0. The van der Waals surface area contributed by atoms with E-state index in [9.17, 15) is 13.2 Å². The molecule has 36 heavy (non-hydrogen) atoms. The van der Waals surface area contributed by atoms with E-state index >= 15 is 0 Å². The molecule has 0 aliphatic rings. The minimum atomic E-state index is -4.73. The van der Waals surface area contributed by atoms with Crippen LogP contribution in [0.15, 0.2) is 82.1 Å². The predicted octanol–water partition coefficient (Wildman–Crippen LogP) is 5.54. The van der Waals surface area contributed by atoms with Crippen molar-refractivity contribution in [1.82, 2.24) is 10.2 Å². The number of nitrogens with zero attached hydrogens (tertiary/aromatic N) is 3. The molecule has 8 nitrogen and oxygen atoms in total. The SMILES string of the molecule is C=N/C=C(\C(=NCc1ccc(/C=C/C(C=N)=C/C=N)c(N)c1)Nc1ccc2[nH]ncc2c1)C(F)(F)F. The third-order valence-corrected chi connectivity index (χ3v) is 4.95. The van der Waals surface area contributed by atoms with E-state index in [1.807, 2.05) is 0 Å². The Morgan fingerprint density at radius 3 is 2.67 bits per heavy atom. The summed E-state index contributed by atoms with van der Waals surface area (Å²) in [5.41, 5.74) is 8.30. The molecule has 0 saturated carbocycles. The van der Waals surface area contributed by atoms with E-state index in [0.717, 1.165) is 23.3 Å². The van der Waals surface area contributed by atoms with Crippen molar-refractivity contribution in [2.75, 3.05) is 11.1 Å². The van der Waals surface area contributed by atoms with Crippen LogP contribution in [0.3, 0.4) is 0 Å². The van der Waals surface area contributed by atoms with Crippen LogP contribution in [0, 0.1) is 10.8 Å². The number of benzene rings is 2. The van der Waals surface area contributed by atoms with Crippen LogP contribution in [0.25, 0.3) is 17.0 Å². The van der Waals surface area contributed by atoms with Crippen LogP contribution in [-0.2, 0) is 6.54 Å². The van der Waals surface area contributed by atoms with Gasteiger partial charge in [0.25, 0.3) is 0 Å². The van der Waals surface area contributed by atoms with Gasteiger partial charge in [0.1, 0.15) is 11.4 Å². The van der Waals surface area contributed by atoms with Crippen molar-refractivity contribution in [2.45, 2.75) is 12.7 Å². The number of nitrogen functional groups attached to an aromatic ring is 1. The van der Waals surface area contributed by atoms with Gasteiger partial charge in [-0.05, 0) is 53.8 Å². The third-order valence-electron chi connectivity index (χ3n) is 4.95. The number of rotatable bonds is 9. The maximum atomic E-state index is 13.8. The Morgan fingerprint density at radius 2 is 2.00 bits per heavy atom. The molecule has 0 unspecified atom stereocenters. The Labute approximate surface area is 204 Å². The number of alkyl halides is 3. The molecule has 0 aliphatic carbocycles. The van der Waals surface area contributed by atoms with Crippen molar-refractivity contribution >= 4 is 53.3 Å². The fraction of sp³-hybridized carbons (Fsp3) is 0.0800. The van der Waals surface area contributed by atoms with Crippen molar-refractivity contribution in [1.29, 1.82) is 10.8 Å². The summed E-state index contributed by atoms with van der Waals surface area (Å²) in [6, 6.07) is 9.97. The molecule has 2 aromatic carbocycles. The molecule has 0 atom stereocenters. The topological polar surface area (TPSA) is 139 Å². The van der Waals surface area contributed by atoms with Crippen LogP contribution in [0.2, 0.25) is 0 Å². The molecule has 0 amide bonds. The lowest BCUT2D eigenvalue weighted by Gasteiger charge is -2.16. The Kier molecular flexibility index (Phi) is 8.29. The number of fused-ring (bicyclic) bond motifs is 1. The zero-order valence-electron chi connectivity index (χ0n) is 19.0. The quantitative estimate of drug-likeness (QED) is 0.116. The number of amidine groups is 1. The van der Waals surface area contributed by atoms with Gasteiger partial charge < -0.3 is 21.9 Å². The van der Waals surface area contributed by atoms with Gasteiger partial charge in [0.2, 0.25) is 0 Å². The first-order valence-electron chi connectivity index (χ1n) is 10.5. The minimum absolute atomic E-state index is 0.0888. The molecular formula is C25H23F3N8. The average Bonchev–Trinajstić information content (AvgIpc) is 3.31. The molecule has 0 radical (unpaired) electrons. The maximum absolute atomic E-state index is 13.8. The van der Waals surface area contributed by atoms with E-state index < -0.39 is 17.6 Å². The van der Waals surface area contributed by atoms with Crippen LogP contribution in [-0.4, -0.2) is 41.4 Å². The maximum Gasteiger partial charge on any atom is 0.421 e. The van der Waals surface area contributed by atoms with Gasteiger partial charge in [-0.15, -0.1) is 0 Å². The Morgan fingerprint density at radius 1 is 1.19 bits per heavy atom. The third kappa shape index (κ3) is 6.63. The standard InChI is InChI=1S/C25H23F3N8/c1-32-15-21(25(26,27)28)24(35-20-6-7-23-19(11-20)14-34-36-23)33-13-17-3-5-18(22(31)10-17)4-2-16(12-30)8-9-29/h2-12,14-15,29-30H,1,13,31H2,(H,33,35)(H,34,36)/b4-2+,16-8-,21-15+,29-9?,30-12?. The summed E-state index contributed by atoms with van der Waals surface area (Å²) < 4.78 is 41.4. The lowest BCUT2D eigenvalue weighted by Crippen LogP contribution is -2.26. The first kappa shape index (κ1) is 25.8. The minimum Gasteiger partial charge on any atom is -0.398 e. The van der Waals surface area contributed by atoms with Crippen molar-refractivity contribution in [3.63, 3.8) is 0 Å². The fourth-order valence-electron chi connectivity index (χ4n) is 3.19. The molecule has 0 bridgehead atoms. The molecule has 1 heterocycles. The largest absolute Gasteiger partial charge is 0.421 e. The van der Waals surface area contributed by atoms with E-state index in [0.29, 0.717) is 34.3 Å². The summed E-state index contributed by atoms with van der Waals surface area (Å²) in [5.74, 6) is -0.423. The smallest absolute Gasteiger partial charge is 0.398 e. The van der Waals surface area contributed by atoms with Gasteiger partial charge in [0.15, 0.2) is 0 Å². The summed E-state index contributed by atoms with van der Waals surface area (Å²) in [7, 11) is 0. The van der Waals surface area contributed by atoms with Crippen molar-refractivity contribution in [3.8, 4) is 0 Å². The van der Waals surface area contributed by atoms with E-state index in [-0.39, 0.29) is 6.54 Å². The summed E-state index contributed by atoms with van der Waals surface area (Å²) in [6.07, 6.45) is 4.39. The number of nitrogens with two attached hydrogens (primary N) is 1. The van der Waals surface area contributed by atoms with Crippen molar-refractivity contribution < 1.29 is 13.2 Å². The number of hydrogen-bond acceptors (Lipinski definition) is 6. The average molecular weight is 493 g/mol. The lowest BCUT2D eigenvalue weighted by molar-refractivity contribution is -0.0862. The highest BCUT2D eigenvalue weighted by atomic mass is 19.4. The number of aromatic amines is 1. The molecule has 0 fully saturated rings. The van der Waals surface area contributed by atoms with Crippen molar-refractivity contribution in [3.05, 3.63) is 83.2 Å². The predicted molar refractivity (Wildman–Crippen MR) is 140 cm³/mol. The van der Waals surface area contributed by atoms with Crippen LogP contribution in [0.4, 0.5) is 24.5 Å². The lowest BCUT2D eigenvalue weighted by atomic mass is 10.1. The number of hydrogen-bond donors (Lipinski definition) is 5. The number of aromatic nitrogens is 2. The van der Waals surface area contributed by atoms with Crippen LogP contribution in [0.5, 0.6) is 0 Å². The summed E-state index contributed by atoms with van der Waals surface area (Å²) in [6.45, 7) is 3.06. The van der Waals surface area contributed by atoms with Crippen LogP contribution >= 0.6 is 0 Å². The highest BCUT2D eigenvalue weighted by Gasteiger charge is 2.37. The monoisotopic (exact) mass is 492 g/mol. The van der Waals surface area contributed by atoms with Gasteiger partial charge in [-0.3, -0.25) is 15.1 Å². The highest BCUT2D eigenvalue weighted by molar-refractivity contribution is 6.09. The number of anilines is 2. The second kappa shape index (κ2) is 11.6. The summed E-state index contributed by atoms with van der Waals surface area (Å²) in [5, 5.41) is 24.6. The second-order valence-corrected chi connectivity index (χ2v) is 7.46. The number of allylic oxidation sites excluding steroid dienone is 3. The molecule has 6 N–H and O–H groups in total. The van der Waals surface area contributed by atoms with Gasteiger partial charge in [-0.25, -0.2) is 0 Å². The van der Waals surface area contributed by atoms with Gasteiger partial charge in [-0.1, -0.05) is 24.3 Å². The highest BCUT2D eigenvalue weighted by Crippen LogP contribution is 2.29. The van der Waals surface area contributed by atoms with E-state index in [2.05, 4.69) is 32.2 Å². The van der Waals surface area contributed by atoms with E-state index in [1.165, 1.54) is 6.08 Å². The molecule has 1 aromatic heterocycles. The molecule has 3 rings (SSSR count). The Hall–Kier alpha value is -4.80. The number of halogens is 3. The zero-order valence-corrected chi connectivity index (χ0v) is 19.0. The Balaban J connectivity index is 1.91. The number of aliphatic imine (C=N–C) groups is 2. The number of H-pyrrole nitrogens is 1. The summed E-state index contributed by atoms with van der Waals surface area (Å²) in [4.78, 5) is 7.51. The second-order valence-electron chi connectivity index (χ2n) is 7.46. The van der Waals surface area contributed by atoms with E-state index in [1.54, 1.807) is 54.7 Å². The van der Waals surface area contributed by atoms with Gasteiger partial charge in [0.05, 0.1) is 18.3 Å². The van der Waals surface area contributed by atoms with Gasteiger partial charge in [0, 0.05) is 35.4 Å². The van der Waals surface area contributed by atoms with E-state index in [4.69, 9.17) is 16.6 Å². The molecule has 3 aromatic rings. The Bertz CT molecular complexity index is 1390. The molecule has 184 valence electrons. The molecule has 0 spiro atoms. The van der Waals surface area contributed by atoms with Gasteiger partial charge >= 0.3 is 6.18 Å². The zero-order chi connectivity index (χ0) is 26.1. The van der Waals surface area contributed by atoms with Crippen molar-refractivity contribution in [2.24, 2.45) is 9.98 Å². The first-order valence-corrected chi connectivity index (χ1v) is 10.5. The van der Waals surface area contributed by atoms with Crippen LogP contribution in [0.1, 0.15) is 11.1 Å². The molecular weight excluding hydrogens is 469 g/mol. The molecule has 0 saturated heterocycles. The van der Waals surface area contributed by atoms with Crippen LogP contribution < -0.4 is 11.1 Å². The first-order chi connectivity index (χ1) is 17.2. The normalized spacial score (nSPS) is 13.2.